The fourth-order valence-electron chi connectivity index (χ4n) is 4.88. The number of hydrogen-bond acceptors (Lipinski definition) is 3. The maximum absolute atomic E-state index is 4.50. The predicted octanol–water partition coefficient (Wildman–Crippen LogP) is 10.4. The highest BCUT2D eigenvalue weighted by molar-refractivity contribution is 5.76. The molecule has 3 heterocycles. The molecule has 0 spiro atoms. The minimum Gasteiger partial charge on any atom is -0.359 e. The van der Waals surface area contributed by atoms with Crippen LogP contribution in [0, 0.1) is 0 Å². The third-order valence-electron chi connectivity index (χ3n) is 7.71. The van der Waals surface area contributed by atoms with Gasteiger partial charge in [0, 0.05) is 24.2 Å². The van der Waals surface area contributed by atoms with Gasteiger partial charge in [0.1, 0.15) is 5.82 Å². The van der Waals surface area contributed by atoms with Gasteiger partial charge in [-0.1, -0.05) is 108 Å². The van der Waals surface area contributed by atoms with Gasteiger partial charge in [0.2, 0.25) is 0 Å². The molecule has 0 saturated heterocycles. The summed E-state index contributed by atoms with van der Waals surface area (Å²) in [5.41, 5.74) is 12.8. The summed E-state index contributed by atoms with van der Waals surface area (Å²) in [7, 11) is 0. The molecule has 0 unspecified atom stereocenters. The van der Waals surface area contributed by atoms with Gasteiger partial charge >= 0.3 is 0 Å². The summed E-state index contributed by atoms with van der Waals surface area (Å²) in [4.78, 5) is 15.2. The largest absolute Gasteiger partial charge is 0.359 e. The normalized spacial score (nSPS) is 12.9. The van der Waals surface area contributed by atoms with Crippen molar-refractivity contribution >= 4 is 27.8 Å². The van der Waals surface area contributed by atoms with E-state index in [1.54, 1.807) is 6.33 Å². The second-order valence-corrected chi connectivity index (χ2v) is 14.4. The summed E-state index contributed by atoms with van der Waals surface area (Å²) in [6.07, 6.45) is 3.66. The number of nitrogens with zero attached hydrogens (tertiary/aromatic N) is 2. The average molecular weight is 580 g/mol. The van der Waals surface area contributed by atoms with E-state index in [0.717, 1.165) is 46.4 Å². The Bertz CT molecular complexity index is 1680. The van der Waals surface area contributed by atoms with E-state index in [-0.39, 0.29) is 23.7 Å². The van der Waals surface area contributed by atoms with Crippen LogP contribution in [0.25, 0.3) is 22.1 Å². The first-order chi connectivity index (χ1) is 19.5. The van der Waals surface area contributed by atoms with Crippen LogP contribution in [0.4, 0.5) is 5.69 Å². The number of fused-ring (bicyclic) bond motifs is 3. The number of rotatable bonds is 1. The highest BCUT2D eigenvalue weighted by Crippen LogP contribution is 2.32. The lowest BCUT2D eigenvalue weighted by molar-refractivity contribution is 0.590. The second kappa shape index (κ2) is 12.8. The van der Waals surface area contributed by atoms with E-state index in [4.69, 9.17) is 0 Å². The lowest BCUT2D eigenvalue weighted by atomic mass is 9.86. The van der Waals surface area contributed by atoms with E-state index in [0.29, 0.717) is 0 Å². The van der Waals surface area contributed by atoms with Crippen LogP contribution in [0.3, 0.4) is 0 Å². The van der Waals surface area contributed by atoms with Gasteiger partial charge in [0.15, 0.2) is 0 Å². The molecule has 0 atom stereocenters. The second-order valence-electron chi connectivity index (χ2n) is 14.4. The smallest absolute Gasteiger partial charge is 0.106 e. The van der Waals surface area contributed by atoms with E-state index >= 15 is 0 Å². The molecule has 0 amide bonds. The zero-order valence-electron chi connectivity index (χ0n) is 27.3. The zero-order chi connectivity index (χ0) is 30.9. The number of aromatic nitrogens is 4. The molecule has 5 aromatic rings. The molecule has 6 rings (SSSR count). The van der Waals surface area contributed by atoms with Gasteiger partial charge in [-0.05, 0) is 68.8 Å². The SMILES string of the molecule is C.C=C1Cc2ccc(C(C)(C)C)cc2N1.CC(C)(C)c1ccc2nc[nH]c2c1.CCc1nc2ccc(C(C)(C)C)cc2[nH]1. The van der Waals surface area contributed by atoms with Crippen LogP contribution in [-0.4, -0.2) is 19.9 Å². The molecule has 2 aromatic heterocycles. The van der Waals surface area contributed by atoms with Gasteiger partial charge in [-0.2, -0.15) is 0 Å². The van der Waals surface area contributed by atoms with E-state index < -0.39 is 0 Å². The van der Waals surface area contributed by atoms with Crippen molar-refractivity contribution in [1.82, 2.24) is 19.9 Å². The number of aryl methyl sites for hydroxylation is 1. The molecule has 0 aliphatic carbocycles. The molecule has 43 heavy (non-hydrogen) atoms. The van der Waals surface area contributed by atoms with Gasteiger partial charge in [-0.3, -0.25) is 0 Å². The molecular formula is C38H53N5. The zero-order valence-corrected chi connectivity index (χ0v) is 27.3. The number of hydrogen-bond donors (Lipinski definition) is 3. The highest BCUT2D eigenvalue weighted by Gasteiger charge is 2.19. The number of allylic oxidation sites excluding steroid dienone is 1. The molecule has 3 N–H and O–H groups in total. The van der Waals surface area contributed by atoms with Crippen molar-refractivity contribution in [2.45, 2.75) is 106 Å². The van der Waals surface area contributed by atoms with Gasteiger partial charge in [0.05, 0.1) is 28.4 Å². The Labute approximate surface area is 259 Å². The summed E-state index contributed by atoms with van der Waals surface area (Å²) in [5.74, 6) is 1.07. The molecule has 5 heteroatoms. The number of imidazole rings is 2. The predicted molar refractivity (Wildman–Crippen MR) is 187 cm³/mol. The Kier molecular flexibility index (Phi) is 10.0. The van der Waals surface area contributed by atoms with Crippen LogP contribution in [-0.2, 0) is 29.1 Å². The minimum atomic E-state index is 0. The first-order valence-electron chi connectivity index (χ1n) is 15.1. The summed E-state index contributed by atoms with van der Waals surface area (Å²) in [6.45, 7) is 26.1. The Morgan fingerprint density at radius 1 is 0.721 bits per heavy atom. The molecule has 0 fully saturated rings. The number of aromatic amines is 2. The van der Waals surface area contributed by atoms with Crippen molar-refractivity contribution < 1.29 is 0 Å². The van der Waals surface area contributed by atoms with Crippen molar-refractivity contribution in [3.05, 3.63) is 101 Å². The Morgan fingerprint density at radius 2 is 1.26 bits per heavy atom. The number of H-pyrrole nitrogens is 2. The minimum absolute atomic E-state index is 0. The molecule has 0 saturated carbocycles. The molecule has 0 radical (unpaired) electrons. The average Bonchev–Trinajstić information content (AvgIpc) is 3.63. The van der Waals surface area contributed by atoms with Crippen LogP contribution >= 0.6 is 0 Å². The van der Waals surface area contributed by atoms with Gasteiger partial charge in [-0.15, -0.1) is 0 Å². The van der Waals surface area contributed by atoms with Crippen LogP contribution in [0.5, 0.6) is 0 Å². The third kappa shape index (κ3) is 8.37. The van der Waals surface area contributed by atoms with Crippen molar-refractivity contribution in [1.29, 1.82) is 0 Å². The number of nitrogens with one attached hydrogen (secondary N) is 3. The van der Waals surface area contributed by atoms with Crippen molar-refractivity contribution in [2.24, 2.45) is 0 Å². The fraction of sp³-hybridized carbons (Fsp3) is 0.421. The molecular weight excluding hydrogens is 526 g/mol. The molecule has 230 valence electrons. The Balaban J connectivity index is 0.000000175. The van der Waals surface area contributed by atoms with E-state index in [2.05, 4.69) is 156 Å². The van der Waals surface area contributed by atoms with Crippen molar-refractivity contribution in [2.75, 3.05) is 5.32 Å². The lowest BCUT2D eigenvalue weighted by Crippen LogP contribution is -2.10. The summed E-state index contributed by atoms with van der Waals surface area (Å²) in [6, 6.07) is 19.5. The van der Waals surface area contributed by atoms with Crippen molar-refractivity contribution in [3.63, 3.8) is 0 Å². The van der Waals surface area contributed by atoms with E-state index in [1.807, 2.05) is 0 Å². The third-order valence-corrected chi connectivity index (χ3v) is 7.71. The first-order valence-corrected chi connectivity index (χ1v) is 15.1. The van der Waals surface area contributed by atoms with Crippen LogP contribution in [0.15, 0.2) is 73.2 Å². The van der Waals surface area contributed by atoms with Crippen LogP contribution in [0.1, 0.15) is 105 Å². The lowest BCUT2D eigenvalue weighted by Gasteiger charge is -2.19. The van der Waals surface area contributed by atoms with Crippen LogP contribution < -0.4 is 5.32 Å². The molecule has 0 bridgehead atoms. The highest BCUT2D eigenvalue weighted by atomic mass is 14.9. The first kappa shape index (κ1) is 33.6. The van der Waals surface area contributed by atoms with Gasteiger partial charge < -0.3 is 15.3 Å². The maximum atomic E-state index is 4.50. The Hall–Kier alpha value is -3.86. The van der Waals surface area contributed by atoms with Gasteiger partial charge in [-0.25, -0.2) is 9.97 Å². The van der Waals surface area contributed by atoms with Crippen molar-refractivity contribution in [3.8, 4) is 0 Å². The summed E-state index contributed by atoms with van der Waals surface area (Å²) >= 11 is 0. The number of anilines is 1. The quantitative estimate of drug-likeness (QED) is 0.185. The van der Waals surface area contributed by atoms with E-state index in [1.165, 1.54) is 27.9 Å². The molecule has 3 aromatic carbocycles. The monoisotopic (exact) mass is 579 g/mol. The number of benzene rings is 3. The fourth-order valence-corrected chi connectivity index (χ4v) is 4.88. The maximum Gasteiger partial charge on any atom is 0.106 e. The van der Waals surface area contributed by atoms with Crippen LogP contribution in [0.2, 0.25) is 0 Å². The molecule has 1 aliphatic rings. The Morgan fingerprint density at radius 3 is 1.84 bits per heavy atom. The summed E-state index contributed by atoms with van der Waals surface area (Å²) in [5, 5.41) is 3.32. The molecule has 1 aliphatic heterocycles. The molecule has 5 nitrogen and oxygen atoms in total. The standard InChI is InChI=1S/C13H18N2.C13H17N.C11H14N2.CH4/c1-5-12-14-10-7-6-9(13(2,3)4)8-11(10)15-12;1-9-7-10-5-6-11(13(2,3)4)8-12(10)14-9;1-11(2,3)8-4-5-9-10(6-8)13-7-12-9;/h6-8H,5H2,1-4H3,(H,14,15);5-6,8,14H,1,7H2,2-4H3;4-7H,1-3H3,(H,12,13);1H4. The summed E-state index contributed by atoms with van der Waals surface area (Å²) < 4.78 is 0. The van der Waals surface area contributed by atoms with Gasteiger partial charge in [0.25, 0.3) is 0 Å². The topological polar surface area (TPSA) is 69.4 Å². The van der Waals surface area contributed by atoms with E-state index in [9.17, 15) is 0 Å².